The van der Waals surface area contributed by atoms with Crippen molar-refractivity contribution in [1.29, 1.82) is 5.26 Å². The number of hydrogen-bond donors (Lipinski definition) is 0. The van der Waals surface area contributed by atoms with Gasteiger partial charge in [0.15, 0.2) is 17.3 Å². The molecule has 0 radical (unpaired) electrons. The van der Waals surface area contributed by atoms with Crippen molar-refractivity contribution in [1.82, 2.24) is 29.5 Å². The molecule has 4 aromatic heterocycles. The number of nitrogens with zero attached hydrogens (tertiary/aromatic N) is 8. The van der Waals surface area contributed by atoms with Crippen LogP contribution in [0, 0.1) is 28.7 Å². The minimum atomic E-state index is -0.537. The van der Waals surface area contributed by atoms with Gasteiger partial charge in [0.25, 0.3) is 5.82 Å². The second-order valence-corrected chi connectivity index (χ2v) is 14.6. The number of nitriles is 1. The Morgan fingerprint density at radius 2 is 1.24 bits per heavy atom. The van der Waals surface area contributed by atoms with Crippen LogP contribution in [0.15, 0.2) is 48.8 Å². The summed E-state index contributed by atoms with van der Waals surface area (Å²) in [6.45, 7) is 16.6. The second kappa shape index (κ2) is 12.2. The van der Waals surface area contributed by atoms with Crippen LogP contribution in [0.2, 0.25) is 0 Å². The lowest BCUT2D eigenvalue weighted by molar-refractivity contribution is 0.214. The molecule has 6 rings (SSSR count). The predicted molar refractivity (Wildman–Crippen MR) is 176 cm³/mol. The van der Waals surface area contributed by atoms with Crippen molar-refractivity contribution in [3.63, 3.8) is 0 Å². The highest BCUT2D eigenvalue weighted by atomic mass is 15.3. The maximum atomic E-state index is 9.50. The van der Waals surface area contributed by atoms with Crippen molar-refractivity contribution < 1.29 is 0 Å². The Balaban J connectivity index is 1.41. The fraction of sp³-hybridized carbons (Fsp3) is 0.514. The van der Waals surface area contributed by atoms with Crippen molar-refractivity contribution in [2.45, 2.75) is 110 Å². The molecule has 0 amide bonds. The largest absolute Gasteiger partial charge is 0.359 e. The monoisotopic (exact) mass is 600 g/mol. The van der Waals surface area contributed by atoms with Gasteiger partial charge in [-0.2, -0.15) is 10.4 Å². The van der Waals surface area contributed by atoms with Crippen LogP contribution in [0.25, 0.3) is 16.5 Å². The molecule has 4 aromatic rings. The zero-order valence-electron chi connectivity index (χ0n) is 27.2. The van der Waals surface area contributed by atoms with E-state index in [-0.39, 0.29) is 10.8 Å². The van der Waals surface area contributed by atoms with E-state index in [1.165, 1.54) is 64.2 Å². The molecule has 0 N–H and O–H groups in total. The molecule has 0 atom stereocenters. The Bertz CT molecular complexity index is 1620. The molecule has 45 heavy (non-hydrogen) atoms. The van der Waals surface area contributed by atoms with Crippen molar-refractivity contribution in [3.05, 3.63) is 88.4 Å². The van der Waals surface area contributed by atoms with E-state index in [2.05, 4.69) is 73.1 Å². The van der Waals surface area contributed by atoms with E-state index in [4.69, 9.17) is 16.5 Å². The molecule has 2 aliphatic rings. The number of hydrogen-bond acceptors (Lipinski definition) is 5. The van der Waals surface area contributed by atoms with Gasteiger partial charge < -0.3 is 4.85 Å². The average molecular weight is 601 g/mol. The summed E-state index contributed by atoms with van der Waals surface area (Å²) in [5.41, 5.74) is 4.38. The molecule has 2 saturated carbocycles. The molecule has 0 aliphatic heterocycles. The molecule has 8 heteroatoms. The summed E-state index contributed by atoms with van der Waals surface area (Å²) < 4.78 is 3.54. The van der Waals surface area contributed by atoms with Gasteiger partial charge in [0.05, 0.1) is 11.4 Å². The molecular weight excluding hydrogens is 556 g/mol. The lowest BCUT2D eigenvalue weighted by Crippen LogP contribution is -2.27. The van der Waals surface area contributed by atoms with Crippen molar-refractivity contribution >= 4 is 5.82 Å². The zero-order valence-corrected chi connectivity index (χ0v) is 27.2. The normalized spacial score (nSPS) is 17.8. The van der Waals surface area contributed by atoms with Crippen LogP contribution >= 0.6 is 0 Å². The van der Waals surface area contributed by atoms with E-state index in [9.17, 15) is 5.26 Å². The molecule has 2 aliphatic carbocycles. The van der Waals surface area contributed by atoms with Crippen molar-refractivity contribution in [3.8, 4) is 17.7 Å². The third-order valence-corrected chi connectivity index (χ3v) is 10.4. The number of aromatic nitrogens is 6. The third-order valence-electron chi connectivity index (χ3n) is 10.4. The molecular formula is C37H44N8. The van der Waals surface area contributed by atoms with Gasteiger partial charge in [-0.3, -0.25) is 0 Å². The van der Waals surface area contributed by atoms with Crippen molar-refractivity contribution in [2.75, 3.05) is 0 Å². The summed E-state index contributed by atoms with van der Waals surface area (Å²) >= 11 is 0. The maximum Gasteiger partial charge on any atom is 0.295 e. The Morgan fingerprint density at radius 1 is 0.756 bits per heavy atom. The first-order valence-electron chi connectivity index (χ1n) is 16.5. The minimum absolute atomic E-state index is 0.228. The molecule has 232 valence electrons. The SMILES string of the molecule is [C-]#[N+]c1ccn(-c2nc(C(C)(C)c3ccc(CC4(C)CCCCC4)c(-n4ccc(C#N)n4)n3)ccc2CC2(C)CCCCC2)n1. The summed E-state index contributed by atoms with van der Waals surface area (Å²) in [6, 6.07) is 14.4. The molecule has 2 fully saturated rings. The van der Waals surface area contributed by atoms with Crippen LogP contribution in [-0.2, 0) is 18.3 Å². The summed E-state index contributed by atoms with van der Waals surface area (Å²) in [5.74, 6) is 1.93. The summed E-state index contributed by atoms with van der Waals surface area (Å²) in [7, 11) is 0. The Morgan fingerprint density at radius 3 is 1.69 bits per heavy atom. The van der Waals surface area contributed by atoms with Gasteiger partial charge in [-0.1, -0.05) is 71.1 Å². The highest BCUT2D eigenvalue weighted by Crippen LogP contribution is 2.42. The lowest BCUT2D eigenvalue weighted by atomic mass is 9.72. The topological polar surface area (TPSA) is 89.6 Å². The first kappa shape index (κ1) is 30.7. The second-order valence-electron chi connectivity index (χ2n) is 14.6. The van der Waals surface area contributed by atoms with Crippen LogP contribution in [0.3, 0.4) is 0 Å². The van der Waals surface area contributed by atoms with E-state index in [1.54, 1.807) is 21.5 Å². The summed E-state index contributed by atoms with van der Waals surface area (Å²) in [4.78, 5) is 14.1. The molecule has 0 bridgehead atoms. The van der Waals surface area contributed by atoms with Gasteiger partial charge in [0, 0.05) is 17.8 Å². The maximum absolute atomic E-state index is 9.50. The van der Waals surface area contributed by atoms with Crippen molar-refractivity contribution in [2.24, 2.45) is 10.8 Å². The van der Waals surface area contributed by atoms with Gasteiger partial charge in [-0.25, -0.2) is 14.6 Å². The molecule has 0 saturated heterocycles. The quantitative estimate of drug-likeness (QED) is 0.189. The van der Waals surface area contributed by atoms with E-state index in [1.807, 2.05) is 12.4 Å². The van der Waals surface area contributed by atoms with Crippen LogP contribution in [-0.4, -0.2) is 29.5 Å². The van der Waals surface area contributed by atoms with Gasteiger partial charge in [0.1, 0.15) is 6.07 Å². The van der Waals surface area contributed by atoms with Crippen LogP contribution < -0.4 is 0 Å². The van der Waals surface area contributed by atoms with Gasteiger partial charge in [-0.15, -0.1) is 4.68 Å². The Labute approximate surface area is 267 Å². The van der Waals surface area contributed by atoms with Gasteiger partial charge in [0.2, 0.25) is 0 Å². The van der Waals surface area contributed by atoms with Gasteiger partial charge in [-0.05, 0) is 104 Å². The highest BCUT2D eigenvalue weighted by molar-refractivity contribution is 5.45. The molecule has 0 unspecified atom stereocenters. The Hall–Kier alpha value is -4.30. The first-order valence-corrected chi connectivity index (χ1v) is 16.5. The van der Waals surface area contributed by atoms with E-state index >= 15 is 0 Å². The van der Waals surface area contributed by atoms with Crippen LogP contribution in [0.5, 0.6) is 0 Å². The molecule has 0 spiro atoms. The third kappa shape index (κ3) is 6.43. The van der Waals surface area contributed by atoms with Gasteiger partial charge >= 0.3 is 0 Å². The van der Waals surface area contributed by atoms with Crippen LogP contribution in [0.4, 0.5) is 5.82 Å². The predicted octanol–water partition coefficient (Wildman–Crippen LogP) is 8.62. The lowest BCUT2D eigenvalue weighted by Gasteiger charge is -2.34. The standard InChI is InChI=1S/C37H44N8/c1-35(2,30-14-12-27(24-36(3)18-8-6-9-19-36)33(40-30)44-22-16-29(26-38)42-44)31-15-13-28(25-37(4)20-10-7-11-21-37)34(41-31)45-23-17-32(39-5)43-45/h12-17,22-23H,6-11,18-21,24-25H2,1-4H3. The Kier molecular flexibility index (Phi) is 8.35. The smallest absolute Gasteiger partial charge is 0.295 e. The fourth-order valence-electron chi connectivity index (χ4n) is 7.53. The highest BCUT2D eigenvalue weighted by Gasteiger charge is 2.33. The van der Waals surface area contributed by atoms with E-state index in [0.717, 1.165) is 47.0 Å². The van der Waals surface area contributed by atoms with E-state index in [0.29, 0.717) is 11.5 Å². The fourth-order valence-corrected chi connectivity index (χ4v) is 7.53. The first-order chi connectivity index (χ1) is 21.6. The minimum Gasteiger partial charge on any atom is -0.359 e. The van der Waals surface area contributed by atoms with E-state index < -0.39 is 5.41 Å². The molecule has 0 aromatic carbocycles. The molecule has 8 nitrogen and oxygen atoms in total. The molecule has 4 heterocycles. The number of pyridine rings is 2. The van der Waals surface area contributed by atoms with Crippen LogP contribution in [0.1, 0.15) is 120 Å². The number of rotatable bonds is 8. The summed E-state index contributed by atoms with van der Waals surface area (Å²) in [6.07, 6.45) is 18.1. The average Bonchev–Trinajstić information content (AvgIpc) is 3.72. The zero-order chi connectivity index (χ0) is 31.7. The summed E-state index contributed by atoms with van der Waals surface area (Å²) in [5, 5.41) is 18.6.